The number of esters is 1. The number of halogens is 1. The lowest BCUT2D eigenvalue weighted by Crippen LogP contribution is -2.07. The Morgan fingerprint density at radius 3 is 2.62 bits per heavy atom. The number of hydrogen-bond donors (Lipinski definition) is 0. The maximum Gasteiger partial charge on any atom is 0.310 e. The number of ether oxygens (including phenoxy) is 1. The highest BCUT2D eigenvalue weighted by Crippen LogP contribution is 2.19. The molecule has 0 fully saturated rings. The van der Waals surface area contributed by atoms with E-state index in [1.165, 1.54) is 7.11 Å². The standard InChI is InChI=1S/C12H12ClNO2/c1-8-3-9(5-12(15)16-2)11(7-14)10(4-8)6-13/h3-4H,5-6H2,1-2H3. The van der Waals surface area contributed by atoms with Crippen molar-refractivity contribution in [3.05, 3.63) is 34.4 Å². The van der Waals surface area contributed by atoms with E-state index < -0.39 is 0 Å². The van der Waals surface area contributed by atoms with Crippen LogP contribution in [0, 0.1) is 18.3 Å². The summed E-state index contributed by atoms with van der Waals surface area (Å²) in [5.41, 5.74) is 2.88. The van der Waals surface area contributed by atoms with Gasteiger partial charge in [-0.3, -0.25) is 4.79 Å². The molecule has 1 rings (SSSR count). The molecule has 0 amide bonds. The van der Waals surface area contributed by atoms with E-state index in [4.69, 9.17) is 16.9 Å². The zero-order chi connectivity index (χ0) is 12.1. The number of methoxy groups -OCH3 is 1. The molecule has 3 nitrogen and oxygen atoms in total. The highest BCUT2D eigenvalue weighted by Gasteiger charge is 2.12. The zero-order valence-corrected chi connectivity index (χ0v) is 9.97. The number of carbonyl (C=O) groups is 1. The van der Waals surface area contributed by atoms with Crippen molar-refractivity contribution in [3.8, 4) is 6.07 Å². The second kappa shape index (κ2) is 5.53. The van der Waals surface area contributed by atoms with E-state index in [-0.39, 0.29) is 18.3 Å². The Morgan fingerprint density at radius 1 is 1.50 bits per heavy atom. The van der Waals surface area contributed by atoms with Crippen LogP contribution in [0.15, 0.2) is 12.1 Å². The van der Waals surface area contributed by atoms with Crippen molar-refractivity contribution in [1.29, 1.82) is 5.26 Å². The predicted octanol–water partition coefficient (Wildman–Crippen LogP) is 2.32. The van der Waals surface area contributed by atoms with Gasteiger partial charge in [-0.05, 0) is 18.1 Å². The maximum atomic E-state index is 11.2. The molecule has 84 valence electrons. The first kappa shape index (κ1) is 12.5. The summed E-state index contributed by atoms with van der Waals surface area (Å²) in [6.07, 6.45) is 0.102. The van der Waals surface area contributed by atoms with E-state index in [0.29, 0.717) is 11.1 Å². The van der Waals surface area contributed by atoms with Crippen molar-refractivity contribution in [2.24, 2.45) is 0 Å². The minimum Gasteiger partial charge on any atom is -0.469 e. The van der Waals surface area contributed by atoms with Gasteiger partial charge in [0.1, 0.15) is 0 Å². The van der Waals surface area contributed by atoms with Crippen LogP contribution < -0.4 is 0 Å². The maximum absolute atomic E-state index is 11.2. The molecule has 0 spiro atoms. The number of benzene rings is 1. The number of nitrogens with zero attached hydrogens (tertiary/aromatic N) is 1. The molecule has 0 aliphatic heterocycles. The van der Waals surface area contributed by atoms with Crippen molar-refractivity contribution in [2.75, 3.05) is 7.11 Å². The summed E-state index contributed by atoms with van der Waals surface area (Å²) < 4.78 is 4.59. The Balaban J connectivity index is 3.21. The molecule has 4 heteroatoms. The van der Waals surface area contributed by atoms with Crippen LogP contribution in [0.4, 0.5) is 0 Å². The fourth-order valence-electron chi connectivity index (χ4n) is 1.56. The number of nitriles is 1. The number of aryl methyl sites for hydroxylation is 1. The molecule has 0 heterocycles. The van der Waals surface area contributed by atoms with Crippen molar-refractivity contribution in [3.63, 3.8) is 0 Å². The number of hydrogen-bond acceptors (Lipinski definition) is 3. The molecule has 0 N–H and O–H groups in total. The molecule has 0 atom stereocenters. The van der Waals surface area contributed by atoms with Gasteiger partial charge in [-0.15, -0.1) is 11.6 Å². The molecule has 0 unspecified atom stereocenters. The highest BCUT2D eigenvalue weighted by atomic mass is 35.5. The Kier molecular flexibility index (Phi) is 4.33. The van der Waals surface area contributed by atoms with E-state index in [1.54, 1.807) is 0 Å². The van der Waals surface area contributed by atoms with Crippen LogP contribution in [0.5, 0.6) is 0 Å². The fraction of sp³-hybridized carbons (Fsp3) is 0.333. The lowest BCUT2D eigenvalue weighted by Gasteiger charge is -2.08. The zero-order valence-electron chi connectivity index (χ0n) is 9.21. The van der Waals surface area contributed by atoms with Gasteiger partial charge < -0.3 is 4.74 Å². The van der Waals surface area contributed by atoms with Crippen LogP contribution in [0.3, 0.4) is 0 Å². The highest BCUT2D eigenvalue weighted by molar-refractivity contribution is 6.17. The molecule has 0 saturated carbocycles. The minimum atomic E-state index is -0.359. The van der Waals surface area contributed by atoms with Crippen molar-refractivity contribution >= 4 is 17.6 Å². The molecule has 0 aromatic heterocycles. The van der Waals surface area contributed by atoms with Crippen LogP contribution in [-0.4, -0.2) is 13.1 Å². The third-order valence-electron chi connectivity index (χ3n) is 2.26. The lowest BCUT2D eigenvalue weighted by atomic mass is 9.97. The summed E-state index contributed by atoms with van der Waals surface area (Å²) in [7, 11) is 1.33. The first-order valence-electron chi connectivity index (χ1n) is 4.77. The first-order valence-corrected chi connectivity index (χ1v) is 5.31. The van der Waals surface area contributed by atoms with E-state index >= 15 is 0 Å². The topological polar surface area (TPSA) is 50.1 Å². The number of alkyl halides is 1. The van der Waals surface area contributed by atoms with Gasteiger partial charge in [0.25, 0.3) is 0 Å². The monoisotopic (exact) mass is 237 g/mol. The molecule has 0 aliphatic carbocycles. The Hall–Kier alpha value is -1.53. The average Bonchev–Trinajstić information content (AvgIpc) is 2.28. The average molecular weight is 238 g/mol. The fourth-order valence-corrected chi connectivity index (χ4v) is 1.77. The largest absolute Gasteiger partial charge is 0.469 e. The van der Waals surface area contributed by atoms with Crippen molar-refractivity contribution < 1.29 is 9.53 Å². The molecule has 0 bridgehead atoms. The second-order valence-corrected chi connectivity index (χ2v) is 3.72. The third-order valence-corrected chi connectivity index (χ3v) is 2.55. The van der Waals surface area contributed by atoms with Gasteiger partial charge in [0.15, 0.2) is 0 Å². The molecule has 1 aromatic carbocycles. The molecule has 0 saturated heterocycles. The van der Waals surface area contributed by atoms with E-state index in [0.717, 1.165) is 11.1 Å². The van der Waals surface area contributed by atoms with Gasteiger partial charge in [-0.1, -0.05) is 17.7 Å². The minimum absolute atomic E-state index is 0.102. The van der Waals surface area contributed by atoms with Gasteiger partial charge in [-0.2, -0.15) is 5.26 Å². The van der Waals surface area contributed by atoms with Crippen LogP contribution in [0.1, 0.15) is 22.3 Å². The summed E-state index contributed by atoms with van der Waals surface area (Å²) in [4.78, 5) is 11.2. The summed E-state index contributed by atoms with van der Waals surface area (Å²) in [6.45, 7) is 1.90. The molecule has 1 aromatic rings. The van der Waals surface area contributed by atoms with Gasteiger partial charge >= 0.3 is 5.97 Å². The summed E-state index contributed by atoms with van der Waals surface area (Å²) >= 11 is 5.76. The van der Waals surface area contributed by atoms with Crippen LogP contribution in [0.2, 0.25) is 0 Å². The molecular formula is C12H12ClNO2. The van der Waals surface area contributed by atoms with Gasteiger partial charge in [-0.25, -0.2) is 0 Å². The third kappa shape index (κ3) is 2.74. The number of carbonyl (C=O) groups excluding carboxylic acids is 1. The summed E-state index contributed by atoms with van der Waals surface area (Å²) in [6, 6.07) is 5.74. The van der Waals surface area contributed by atoms with Crippen LogP contribution >= 0.6 is 11.6 Å². The molecule has 16 heavy (non-hydrogen) atoms. The van der Waals surface area contributed by atoms with Gasteiger partial charge in [0, 0.05) is 5.88 Å². The van der Waals surface area contributed by atoms with E-state index in [2.05, 4.69) is 10.8 Å². The predicted molar refractivity (Wildman–Crippen MR) is 61.2 cm³/mol. The Bertz CT molecular complexity index is 449. The lowest BCUT2D eigenvalue weighted by molar-refractivity contribution is -0.139. The van der Waals surface area contributed by atoms with Crippen LogP contribution in [0.25, 0.3) is 0 Å². The SMILES string of the molecule is COC(=O)Cc1cc(C)cc(CCl)c1C#N. The smallest absolute Gasteiger partial charge is 0.310 e. The summed E-state index contributed by atoms with van der Waals surface area (Å²) in [5.74, 6) is -0.0960. The van der Waals surface area contributed by atoms with Crippen LogP contribution in [-0.2, 0) is 21.8 Å². The van der Waals surface area contributed by atoms with E-state index in [9.17, 15) is 4.79 Å². The molecule has 0 aliphatic rings. The van der Waals surface area contributed by atoms with Crippen molar-refractivity contribution in [2.45, 2.75) is 19.2 Å². The van der Waals surface area contributed by atoms with Gasteiger partial charge in [0.2, 0.25) is 0 Å². The van der Waals surface area contributed by atoms with Crippen molar-refractivity contribution in [1.82, 2.24) is 0 Å². The normalized spacial score (nSPS) is 9.62. The second-order valence-electron chi connectivity index (χ2n) is 3.46. The molecular weight excluding hydrogens is 226 g/mol. The number of rotatable bonds is 3. The quantitative estimate of drug-likeness (QED) is 0.599. The van der Waals surface area contributed by atoms with E-state index in [1.807, 2.05) is 19.1 Å². The molecule has 0 radical (unpaired) electrons. The first-order chi connectivity index (χ1) is 7.62. The Morgan fingerprint density at radius 2 is 2.12 bits per heavy atom. The summed E-state index contributed by atoms with van der Waals surface area (Å²) in [5, 5.41) is 9.05. The Labute approximate surface area is 99.6 Å². The van der Waals surface area contributed by atoms with Gasteiger partial charge in [0.05, 0.1) is 25.2 Å².